The van der Waals surface area contributed by atoms with Crippen LogP contribution in [0.15, 0.2) is 24.3 Å². The van der Waals surface area contributed by atoms with Crippen molar-refractivity contribution in [3.8, 4) is 0 Å². The maximum atomic E-state index is 5.31. The third kappa shape index (κ3) is 4.06. The fourth-order valence-corrected chi connectivity index (χ4v) is 1.24. The van der Waals surface area contributed by atoms with Gasteiger partial charge in [0.1, 0.15) is 0 Å². The number of benzene rings is 1. The van der Waals surface area contributed by atoms with Crippen LogP contribution in [0.3, 0.4) is 0 Å². The second kappa shape index (κ2) is 5.73. The lowest BCUT2D eigenvalue weighted by Gasteiger charge is -2.03. The van der Waals surface area contributed by atoms with Crippen LogP contribution in [0, 0.1) is 6.92 Å². The molecule has 2 heteroatoms. The minimum atomic E-state index is 0.605. The van der Waals surface area contributed by atoms with Crippen LogP contribution in [0.4, 0.5) is 0 Å². The second-order valence-corrected chi connectivity index (χ2v) is 3.14. The third-order valence-corrected chi connectivity index (χ3v) is 1.88. The van der Waals surface area contributed by atoms with E-state index in [4.69, 9.17) is 10.5 Å². The van der Waals surface area contributed by atoms with Gasteiger partial charge in [0.2, 0.25) is 0 Å². The first kappa shape index (κ1) is 10.2. The molecule has 0 aliphatic rings. The molecule has 0 spiro atoms. The van der Waals surface area contributed by atoms with Gasteiger partial charge in [0, 0.05) is 6.54 Å². The summed E-state index contributed by atoms with van der Waals surface area (Å²) in [4.78, 5) is 0. The highest BCUT2D eigenvalue weighted by molar-refractivity contribution is 5.22. The fraction of sp³-hybridized carbons (Fsp3) is 0.455. The minimum Gasteiger partial charge on any atom is -0.380 e. The summed E-state index contributed by atoms with van der Waals surface area (Å²) in [7, 11) is 0. The predicted molar refractivity (Wildman–Crippen MR) is 54.8 cm³/mol. The minimum absolute atomic E-state index is 0.605. The average Bonchev–Trinajstić information content (AvgIpc) is 2.13. The van der Waals surface area contributed by atoms with E-state index in [-0.39, 0.29) is 0 Å². The van der Waals surface area contributed by atoms with Gasteiger partial charge in [-0.3, -0.25) is 0 Å². The van der Waals surface area contributed by atoms with Crippen LogP contribution in [-0.4, -0.2) is 19.8 Å². The number of hydrogen-bond donors (Lipinski definition) is 1. The van der Waals surface area contributed by atoms with Gasteiger partial charge >= 0.3 is 0 Å². The number of aryl methyl sites for hydroxylation is 1. The summed E-state index contributed by atoms with van der Waals surface area (Å²) in [5, 5.41) is 0. The molecule has 0 aromatic heterocycles. The van der Waals surface area contributed by atoms with Crippen molar-refractivity contribution in [2.75, 3.05) is 19.8 Å². The van der Waals surface area contributed by atoms with E-state index in [2.05, 4.69) is 31.2 Å². The Morgan fingerprint density at radius 2 is 2.15 bits per heavy atom. The molecule has 0 saturated carbocycles. The molecule has 1 aromatic rings. The van der Waals surface area contributed by atoms with E-state index in [0.29, 0.717) is 13.2 Å². The van der Waals surface area contributed by atoms with Gasteiger partial charge in [-0.15, -0.1) is 0 Å². The molecule has 0 saturated heterocycles. The Balaban J connectivity index is 2.28. The lowest BCUT2D eigenvalue weighted by molar-refractivity contribution is 0.145. The van der Waals surface area contributed by atoms with Crippen molar-refractivity contribution >= 4 is 0 Å². The number of ether oxygens (including phenoxy) is 1. The molecule has 1 aromatic carbocycles. The summed E-state index contributed by atoms with van der Waals surface area (Å²) in [5.41, 5.74) is 7.94. The lowest BCUT2D eigenvalue weighted by atomic mass is 10.1. The topological polar surface area (TPSA) is 35.2 Å². The smallest absolute Gasteiger partial charge is 0.0588 e. The lowest BCUT2D eigenvalue weighted by Crippen LogP contribution is -2.10. The van der Waals surface area contributed by atoms with Crippen molar-refractivity contribution in [1.82, 2.24) is 0 Å². The summed E-state index contributed by atoms with van der Waals surface area (Å²) in [5.74, 6) is 0. The Bertz CT molecular complexity index is 248. The maximum Gasteiger partial charge on any atom is 0.0588 e. The molecule has 72 valence electrons. The highest BCUT2D eigenvalue weighted by atomic mass is 16.5. The Hall–Kier alpha value is -0.860. The fourth-order valence-electron chi connectivity index (χ4n) is 1.24. The van der Waals surface area contributed by atoms with Crippen LogP contribution in [0.5, 0.6) is 0 Å². The average molecular weight is 179 g/mol. The van der Waals surface area contributed by atoms with Crippen LogP contribution in [0.1, 0.15) is 11.1 Å². The predicted octanol–water partition coefficient (Wildman–Crippen LogP) is 1.51. The van der Waals surface area contributed by atoms with Gasteiger partial charge in [-0.05, 0) is 18.9 Å². The van der Waals surface area contributed by atoms with Crippen molar-refractivity contribution in [3.63, 3.8) is 0 Å². The normalized spacial score (nSPS) is 10.3. The third-order valence-electron chi connectivity index (χ3n) is 1.88. The highest BCUT2D eigenvalue weighted by Crippen LogP contribution is 2.04. The summed E-state index contributed by atoms with van der Waals surface area (Å²) in [6.07, 6.45) is 0.974. The quantitative estimate of drug-likeness (QED) is 0.695. The molecular formula is C11H17NO. The Labute approximate surface area is 79.7 Å². The van der Waals surface area contributed by atoms with Gasteiger partial charge in [0.25, 0.3) is 0 Å². The van der Waals surface area contributed by atoms with Crippen LogP contribution in [-0.2, 0) is 11.2 Å². The molecule has 0 bridgehead atoms. The maximum absolute atomic E-state index is 5.31. The van der Waals surface area contributed by atoms with Crippen molar-refractivity contribution in [1.29, 1.82) is 0 Å². The van der Waals surface area contributed by atoms with Gasteiger partial charge in [0.05, 0.1) is 13.2 Å². The van der Waals surface area contributed by atoms with E-state index >= 15 is 0 Å². The van der Waals surface area contributed by atoms with E-state index in [0.717, 1.165) is 13.0 Å². The second-order valence-electron chi connectivity index (χ2n) is 3.14. The zero-order valence-corrected chi connectivity index (χ0v) is 8.12. The summed E-state index contributed by atoms with van der Waals surface area (Å²) in [6, 6.07) is 8.49. The van der Waals surface area contributed by atoms with Crippen LogP contribution in [0.25, 0.3) is 0 Å². The van der Waals surface area contributed by atoms with E-state index in [9.17, 15) is 0 Å². The molecule has 1 rings (SSSR count). The summed E-state index contributed by atoms with van der Waals surface area (Å²) < 4.78 is 5.30. The molecule has 0 atom stereocenters. The monoisotopic (exact) mass is 179 g/mol. The van der Waals surface area contributed by atoms with Crippen molar-refractivity contribution in [2.45, 2.75) is 13.3 Å². The first-order valence-corrected chi connectivity index (χ1v) is 4.66. The molecule has 13 heavy (non-hydrogen) atoms. The first-order chi connectivity index (χ1) is 6.33. The van der Waals surface area contributed by atoms with Crippen LogP contribution < -0.4 is 5.73 Å². The molecule has 0 fully saturated rings. The zero-order valence-electron chi connectivity index (χ0n) is 8.12. The van der Waals surface area contributed by atoms with E-state index in [1.807, 2.05) is 0 Å². The molecule has 0 amide bonds. The largest absolute Gasteiger partial charge is 0.380 e. The molecule has 0 aliphatic heterocycles. The van der Waals surface area contributed by atoms with Gasteiger partial charge in [-0.2, -0.15) is 0 Å². The van der Waals surface area contributed by atoms with Crippen molar-refractivity contribution < 1.29 is 4.74 Å². The molecule has 0 unspecified atom stereocenters. The molecule has 2 nitrogen and oxygen atoms in total. The molecule has 0 radical (unpaired) electrons. The number of hydrogen-bond acceptors (Lipinski definition) is 2. The highest BCUT2D eigenvalue weighted by Gasteiger charge is 1.92. The van der Waals surface area contributed by atoms with Crippen molar-refractivity contribution in [3.05, 3.63) is 35.4 Å². The van der Waals surface area contributed by atoms with E-state index in [1.54, 1.807) is 0 Å². The molecule has 2 N–H and O–H groups in total. The summed E-state index contributed by atoms with van der Waals surface area (Å²) >= 11 is 0. The number of nitrogens with two attached hydrogens (primary N) is 1. The Morgan fingerprint density at radius 1 is 1.31 bits per heavy atom. The molecular weight excluding hydrogens is 162 g/mol. The van der Waals surface area contributed by atoms with Crippen LogP contribution in [0.2, 0.25) is 0 Å². The standard InChI is InChI=1S/C11H17NO/c1-10-3-2-4-11(9-10)5-7-13-8-6-12/h2-4,9H,5-8,12H2,1H3. The SMILES string of the molecule is Cc1cccc(CCOCCN)c1. The van der Waals surface area contributed by atoms with E-state index in [1.165, 1.54) is 11.1 Å². The van der Waals surface area contributed by atoms with Gasteiger partial charge in [-0.1, -0.05) is 29.8 Å². The van der Waals surface area contributed by atoms with Gasteiger partial charge in [-0.25, -0.2) is 0 Å². The Morgan fingerprint density at radius 3 is 2.85 bits per heavy atom. The molecule has 0 aliphatic carbocycles. The van der Waals surface area contributed by atoms with Gasteiger partial charge in [0.15, 0.2) is 0 Å². The zero-order chi connectivity index (χ0) is 9.52. The first-order valence-electron chi connectivity index (χ1n) is 4.66. The van der Waals surface area contributed by atoms with E-state index < -0.39 is 0 Å². The van der Waals surface area contributed by atoms with Gasteiger partial charge < -0.3 is 10.5 Å². The van der Waals surface area contributed by atoms with Crippen molar-refractivity contribution in [2.24, 2.45) is 5.73 Å². The summed E-state index contributed by atoms with van der Waals surface area (Å²) in [6.45, 7) is 4.13. The molecule has 0 heterocycles. The number of rotatable bonds is 5. The Kier molecular flexibility index (Phi) is 4.50. The van der Waals surface area contributed by atoms with Crippen LogP contribution >= 0.6 is 0 Å².